The van der Waals surface area contributed by atoms with Crippen molar-refractivity contribution in [2.45, 2.75) is 32.6 Å². The van der Waals surface area contributed by atoms with Gasteiger partial charge in [-0.05, 0) is 57.7 Å². The van der Waals surface area contributed by atoms with Gasteiger partial charge in [-0.15, -0.1) is 0 Å². The number of ether oxygens (including phenoxy) is 1. The lowest BCUT2D eigenvalue weighted by atomic mass is 9.93. The van der Waals surface area contributed by atoms with E-state index in [-0.39, 0.29) is 0 Å². The summed E-state index contributed by atoms with van der Waals surface area (Å²) in [6, 6.07) is 3.38. The van der Waals surface area contributed by atoms with Crippen molar-refractivity contribution in [2.75, 3.05) is 19.7 Å². The van der Waals surface area contributed by atoms with Gasteiger partial charge in [-0.3, -0.25) is 4.79 Å². The molecule has 2 rings (SSSR count). The number of amides is 1. The second kappa shape index (κ2) is 7.24. The van der Waals surface area contributed by atoms with Crippen molar-refractivity contribution in [2.24, 2.45) is 11.7 Å². The average Bonchev–Trinajstić information content (AvgIpc) is 2.44. The Morgan fingerprint density at radius 3 is 2.85 bits per heavy atom. The van der Waals surface area contributed by atoms with Crippen molar-refractivity contribution in [3.05, 3.63) is 23.4 Å². The number of pyridine rings is 1. The minimum absolute atomic E-state index is 0.451. The number of primary amides is 1. The van der Waals surface area contributed by atoms with Crippen LogP contribution in [0.25, 0.3) is 0 Å². The first-order valence-electron chi connectivity index (χ1n) is 7.28. The minimum Gasteiger partial charge on any atom is -0.478 e. The van der Waals surface area contributed by atoms with Crippen LogP contribution in [0.1, 0.15) is 41.7 Å². The van der Waals surface area contributed by atoms with Gasteiger partial charge in [0.2, 0.25) is 5.88 Å². The number of carbonyl (C=O) groups excluding carboxylic acids is 1. The fourth-order valence-corrected chi connectivity index (χ4v) is 2.60. The number of carbonyl (C=O) groups is 1. The fourth-order valence-electron chi connectivity index (χ4n) is 2.60. The lowest BCUT2D eigenvalue weighted by Gasteiger charge is -2.22. The highest BCUT2D eigenvalue weighted by atomic mass is 16.5. The lowest BCUT2D eigenvalue weighted by Crippen LogP contribution is -2.27. The molecule has 1 aromatic heterocycles. The molecule has 5 heteroatoms. The molecule has 0 aromatic carbocycles. The Morgan fingerprint density at radius 1 is 1.45 bits per heavy atom. The Bertz CT molecular complexity index is 456. The van der Waals surface area contributed by atoms with Crippen molar-refractivity contribution in [3.63, 3.8) is 0 Å². The molecule has 1 saturated heterocycles. The van der Waals surface area contributed by atoms with Crippen LogP contribution in [0.2, 0.25) is 0 Å². The molecule has 110 valence electrons. The van der Waals surface area contributed by atoms with E-state index in [0.29, 0.717) is 23.7 Å². The zero-order valence-corrected chi connectivity index (χ0v) is 12.0. The van der Waals surface area contributed by atoms with E-state index in [1.165, 1.54) is 19.3 Å². The largest absolute Gasteiger partial charge is 0.478 e. The van der Waals surface area contributed by atoms with Crippen molar-refractivity contribution >= 4 is 5.91 Å². The lowest BCUT2D eigenvalue weighted by molar-refractivity contribution is 0.0999. The molecule has 5 nitrogen and oxygen atoms in total. The number of aryl methyl sites for hydroxylation is 1. The van der Waals surface area contributed by atoms with E-state index in [9.17, 15) is 4.79 Å². The van der Waals surface area contributed by atoms with Gasteiger partial charge in [0, 0.05) is 6.07 Å². The van der Waals surface area contributed by atoms with Gasteiger partial charge in [0.15, 0.2) is 0 Å². The molecule has 0 spiro atoms. The Hall–Kier alpha value is -1.62. The Balaban J connectivity index is 1.73. The number of hydrogen-bond donors (Lipinski definition) is 2. The standard InChI is InChI=1S/C15H23N3O2/c1-11-13(15(16)19)4-5-14(18-11)20-10-2-3-12-6-8-17-9-7-12/h4-5,12,17H,2-3,6-10H2,1H3,(H2,16,19). The smallest absolute Gasteiger partial charge is 0.250 e. The predicted molar refractivity (Wildman–Crippen MR) is 77.8 cm³/mol. The summed E-state index contributed by atoms with van der Waals surface area (Å²) in [6.45, 7) is 4.72. The maximum atomic E-state index is 11.1. The molecule has 0 bridgehead atoms. The summed E-state index contributed by atoms with van der Waals surface area (Å²) in [5, 5.41) is 3.37. The third-order valence-corrected chi connectivity index (χ3v) is 3.79. The van der Waals surface area contributed by atoms with Gasteiger partial charge in [-0.2, -0.15) is 0 Å². The second-order valence-electron chi connectivity index (χ2n) is 5.33. The molecular weight excluding hydrogens is 254 g/mol. The van der Waals surface area contributed by atoms with Crippen molar-refractivity contribution in [1.82, 2.24) is 10.3 Å². The highest BCUT2D eigenvalue weighted by molar-refractivity contribution is 5.93. The quantitative estimate of drug-likeness (QED) is 0.775. The highest BCUT2D eigenvalue weighted by Gasteiger charge is 2.12. The first-order chi connectivity index (χ1) is 9.66. The SMILES string of the molecule is Cc1nc(OCCCC2CCNCC2)ccc1C(N)=O. The van der Waals surface area contributed by atoms with Crippen LogP contribution in [0, 0.1) is 12.8 Å². The summed E-state index contributed by atoms with van der Waals surface area (Å²) in [7, 11) is 0. The third-order valence-electron chi connectivity index (χ3n) is 3.79. The first kappa shape index (κ1) is 14.8. The van der Waals surface area contributed by atoms with Gasteiger partial charge in [-0.1, -0.05) is 0 Å². The first-order valence-corrected chi connectivity index (χ1v) is 7.28. The molecule has 0 unspecified atom stereocenters. The van der Waals surface area contributed by atoms with Gasteiger partial charge in [0.05, 0.1) is 17.9 Å². The topological polar surface area (TPSA) is 77.2 Å². The third kappa shape index (κ3) is 4.20. The molecule has 3 N–H and O–H groups in total. The van der Waals surface area contributed by atoms with Crippen LogP contribution >= 0.6 is 0 Å². The molecule has 1 amide bonds. The Kier molecular flexibility index (Phi) is 5.35. The summed E-state index contributed by atoms with van der Waals surface area (Å²) in [5.74, 6) is 0.942. The van der Waals surface area contributed by atoms with Crippen LogP contribution in [0.3, 0.4) is 0 Å². The van der Waals surface area contributed by atoms with E-state index >= 15 is 0 Å². The second-order valence-corrected chi connectivity index (χ2v) is 5.33. The van der Waals surface area contributed by atoms with Crippen LogP contribution in [0.4, 0.5) is 0 Å². The van der Waals surface area contributed by atoms with Gasteiger partial charge in [0.25, 0.3) is 5.91 Å². The number of nitrogens with zero attached hydrogens (tertiary/aromatic N) is 1. The normalized spacial score (nSPS) is 16.1. The number of nitrogens with one attached hydrogen (secondary N) is 1. The Labute approximate surface area is 119 Å². The van der Waals surface area contributed by atoms with E-state index in [1.807, 2.05) is 0 Å². The van der Waals surface area contributed by atoms with E-state index < -0.39 is 5.91 Å². The van der Waals surface area contributed by atoms with Gasteiger partial charge >= 0.3 is 0 Å². The summed E-state index contributed by atoms with van der Waals surface area (Å²) < 4.78 is 5.63. The van der Waals surface area contributed by atoms with E-state index in [2.05, 4.69) is 10.3 Å². The van der Waals surface area contributed by atoms with Crippen LogP contribution in [0.15, 0.2) is 12.1 Å². The minimum atomic E-state index is -0.451. The van der Waals surface area contributed by atoms with E-state index in [0.717, 1.165) is 25.4 Å². The van der Waals surface area contributed by atoms with Gasteiger partial charge in [-0.25, -0.2) is 4.98 Å². The van der Waals surface area contributed by atoms with Gasteiger partial charge < -0.3 is 15.8 Å². The molecule has 2 heterocycles. The summed E-state index contributed by atoms with van der Waals surface area (Å²) in [6.07, 6.45) is 4.79. The molecule has 0 saturated carbocycles. The van der Waals surface area contributed by atoms with Crippen LogP contribution in [-0.4, -0.2) is 30.6 Å². The summed E-state index contributed by atoms with van der Waals surface area (Å²) in [4.78, 5) is 15.4. The predicted octanol–water partition coefficient (Wildman–Crippen LogP) is 1.65. The van der Waals surface area contributed by atoms with Crippen LogP contribution < -0.4 is 15.8 Å². The zero-order valence-electron chi connectivity index (χ0n) is 12.0. The van der Waals surface area contributed by atoms with Crippen molar-refractivity contribution in [1.29, 1.82) is 0 Å². The van der Waals surface area contributed by atoms with Crippen LogP contribution in [-0.2, 0) is 0 Å². The molecule has 1 aliphatic rings. The summed E-state index contributed by atoms with van der Waals surface area (Å²) >= 11 is 0. The molecule has 0 radical (unpaired) electrons. The summed E-state index contributed by atoms with van der Waals surface area (Å²) in [5.41, 5.74) is 6.31. The maximum absolute atomic E-state index is 11.1. The maximum Gasteiger partial charge on any atom is 0.250 e. The number of aromatic nitrogens is 1. The molecule has 0 atom stereocenters. The average molecular weight is 277 g/mol. The Morgan fingerprint density at radius 2 is 2.20 bits per heavy atom. The number of piperidine rings is 1. The molecule has 1 fully saturated rings. The number of hydrogen-bond acceptors (Lipinski definition) is 4. The van der Waals surface area contributed by atoms with E-state index in [1.54, 1.807) is 19.1 Å². The van der Waals surface area contributed by atoms with E-state index in [4.69, 9.17) is 10.5 Å². The van der Waals surface area contributed by atoms with Crippen molar-refractivity contribution in [3.8, 4) is 5.88 Å². The van der Waals surface area contributed by atoms with Crippen molar-refractivity contribution < 1.29 is 9.53 Å². The molecule has 1 aromatic rings. The fraction of sp³-hybridized carbons (Fsp3) is 0.600. The molecule has 20 heavy (non-hydrogen) atoms. The van der Waals surface area contributed by atoms with Gasteiger partial charge in [0.1, 0.15) is 0 Å². The molecule has 1 aliphatic heterocycles. The monoisotopic (exact) mass is 277 g/mol. The number of rotatable bonds is 6. The molecule has 0 aliphatic carbocycles. The zero-order chi connectivity index (χ0) is 14.4. The number of nitrogens with two attached hydrogens (primary N) is 1. The van der Waals surface area contributed by atoms with Crippen LogP contribution in [0.5, 0.6) is 5.88 Å². The highest BCUT2D eigenvalue weighted by Crippen LogP contribution is 2.18. The molecular formula is C15H23N3O2.